The highest BCUT2D eigenvalue weighted by Gasteiger charge is 2.09. The molecular weight excluding hydrogens is 308 g/mol. The van der Waals surface area contributed by atoms with E-state index >= 15 is 0 Å². The van der Waals surface area contributed by atoms with Crippen molar-refractivity contribution >= 4 is 29.0 Å². The van der Waals surface area contributed by atoms with Crippen LogP contribution in [0.3, 0.4) is 0 Å². The van der Waals surface area contributed by atoms with Crippen LogP contribution in [0.4, 0.5) is 0 Å². The lowest BCUT2D eigenvalue weighted by Gasteiger charge is -2.07. The largest absolute Gasteiger partial charge is 0.393 e. The second-order valence-electron chi connectivity index (χ2n) is 4.60. The number of thiazole rings is 1. The van der Waals surface area contributed by atoms with Crippen LogP contribution in [0.15, 0.2) is 35.8 Å². The predicted molar refractivity (Wildman–Crippen MR) is 93.5 cm³/mol. The van der Waals surface area contributed by atoms with Gasteiger partial charge in [0.05, 0.1) is 0 Å². The maximum Gasteiger partial charge on any atom is 0.271 e. The smallest absolute Gasteiger partial charge is 0.271 e. The first-order valence-electron chi connectivity index (χ1n) is 6.85. The molecule has 6 heteroatoms. The zero-order chi connectivity index (χ0) is 16.7. The molecule has 0 aliphatic heterocycles. The lowest BCUT2D eigenvalue weighted by Crippen LogP contribution is -2.23. The number of nitrogens with zero attached hydrogens (tertiary/aromatic N) is 1. The average Bonchev–Trinajstić information content (AvgIpc) is 3.07. The molecule has 0 fully saturated rings. The van der Waals surface area contributed by atoms with E-state index in [0.29, 0.717) is 17.2 Å². The van der Waals surface area contributed by atoms with E-state index in [0.717, 1.165) is 16.7 Å². The summed E-state index contributed by atoms with van der Waals surface area (Å²) in [6.45, 7) is 0.375. The van der Waals surface area contributed by atoms with Crippen LogP contribution in [0.1, 0.15) is 26.6 Å². The van der Waals surface area contributed by atoms with Gasteiger partial charge in [0, 0.05) is 37.0 Å². The molecule has 0 aliphatic carbocycles. The SMILES string of the molecule is C#Cc1nc(C(=O)NCc2cccc(/C(C=N)=C/NC)c2)cs1. The average molecular weight is 324 g/mol. The summed E-state index contributed by atoms with van der Waals surface area (Å²) in [4.78, 5) is 16.1. The van der Waals surface area contributed by atoms with Crippen molar-refractivity contribution in [3.05, 3.63) is 57.7 Å². The Kier molecular flexibility index (Phi) is 5.67. The first-order chi connectivity index (χ1) is 11.2. The Morgan fingerprint density at radius 3 is 3.00 bits per heavy atom. The molecule has 0 aliphatic rings. The molecule has 1 aromatic heterocycles. The standard InChI is InChI=1S/C17H16N4OS/c1-3-16-21-15(11-23-16)17(22)20-9-12-5-4-6-13(7-12)14(8-18)10-19-2/h1,4-8,10-11,18-19H,9H2,2H3,(H,20,22)/b14-10+,18-8?. The molecule has 0 saturated carbocycles. The monoisotopic (exact) mass is 324 g/mol. The van der Waals surface area contributed by atoms with Gasteiger partial charge in [-0.3, -0.25) is 4.79 Å². The van der Waals surface area contributed by atoms with Crippen molar-refractivity contribution in [1.29, 1.82) is 5.41 Å². The summed E-state index contributed by atoms with van der Waals surface area (Å²) in [5.41, 5.74) is 2.93. The van der Waals surface area contributed by atoms with Crippen molar-refractivity contribution in [3.63, 3.8) is 0 Å². The maximum absolute atomic E-state index is 12.0. The molecule has 0 atom stereocenters. The zero-order valence-corrected chi connectivity index (χ0v) is 13.4. The lowest BCUT2D eigenvalue weighted by atomic mass is 10.0. The van der Waals surface area contributed by atoms with Gasteiger partial charge in [-0.2, -0.15) is 0 Å². The highest BCUT2D eigenvalue weighted by molar-refractivity contribution is 7.10. The number of benzene rings is 1. The number of rotatable bonds is 6. The van der Waals surface area contributed by atoms with Gasteiger partial charge in [-0.05, 0) is 23.1 Å². The number of nitrogens with one attached hydrogen (secondary N) is 3. The molecule has 0 spiro atoms. The van der Waals surface area contributed by atoms with Crippen molar-refractivity contribution in [1.82, 2.24) is 15.6 Å². The van der Waals surface area contributed by atoms with Crippen molar-refractivity contribution in [2.24, 2.45) is 0 Å². The van der Waals surface area contributed by atoms with E-state index in [9.17, 15) is 4.79 Å². The highest BCUT2D eigenvalue weighted by Crippen LogP contribution is 2.14. The number of carbonyl (C=O) groups is 1. The molecule has 2 rings (SSSR count). The Morgan fingerprint density at radius 2 is 2.35 bits per heavy atom. The van der Waals surface area contributed by atoms with E-state index in [1.54, 1.807) is 18.6 Å². The third-order valence-electron chi connectivity index (χ3n) is 3.03. The number of carbonyl (C=O) groups excluding carboxylic acids is 1. The van der Waals surface area contributed by atoms with Crippen molar-refractivity contribution in [3.8, 4) is 12.3 Å². The van der Waals surface area contributed by atoms with Crippen molar-refractivity contribution in [2.45, 2.75) is 6.54 Å². The van der Waals surface area contributed by atoms with E-state index in [1.165, 1.54) is 17.6 Å². The lowest BCUT2D eigenvalue weighted by molar-refractivity contribution is 0.0946. The molecule has 2 aromatic rings. The molecule has 3 N–H and O–H groups in total. The van der Waals surface area contributed by atoms with E-state index < -0.39 is 0 Å². The number of terminal acetylenes is 1. The number of allylic oxidation sites excluding steroid dienone is 1. The number of aromatic nitrogens is 1. The van der Waals surface area contributed by atoms with Gasteiger partial charge in [0.1, 0.15) is 5.69 Å². The molecule has 0 unspecified atom stereocenters. The van der Waals surface area contributed by atoms with Crippen LogP contribution in [0.5, 0.6) is 0 Å². The van der Waals surface area contributed by atoms with Crippen LogP contribution >= 0.6 is 11.3 Å². The fourth-order valence-corrected chi connectivity index (χ4v) is 2.54. The zero-order valence-electron chi connectivity index (χ0n) is 12.6. The molecule has 116 valence electrons. The quantitative estimate of drug-likeness (QED) is 0.563. The molecule has 1 aromatic carbocycles. The van der Waals surface area contributed by atoms with Crippen LogP contribution in [0.25, 0.3) is 5.57 Å². The minimum Gasteiger partial charge on any atom is -0.393 e. The molecule has 0 radical (unpaired) electrons. The molecule has 1 amide bonds. The number of amides is 1. The summed E-state index contributed by atoms with van der Waals surface area (Å²) in [5.74, 6) is 2.15. The first kappa shape index (κ1) is 16.5. The molecule has 0 bridgehead atoms. The van der Waals surface area contributed by atoms with Gasteiger partial charge in [-0.15, -0.1) is 17.8 Å². The van der Waals surface area contributed by atoms with Gasteiger partial charge >= 0.3 is 0 Å². The molecule has 0 saturated heterocycles. The third kappa shape index (κ3) is 4.28. The van der Waals surface area contributed by atoms with E-state index in [1.807, 2.05) is 24.3 Å². The Balaban J connectivity index is 2.06. The van der Waals surface area contributed by atoms with Crippen LogP contribution in [0.2, 0.25) is 0 Å². The van der Waals surface area contributed by atoms with E-state index in [2.05, 4.69) is 21.5 Å². The van der Waals surface area contributed by atoms with Gasteiger partial charge in [0.2, 0.25) is 0 Å². The van der Waals surface area contributed by atoms with Gasteiger partial charge in [-0.25, -0.2) is 4.98 Å². The summed E-state index contributed by atoms with van der Waals surface area (Å²) in [7, 11) is 1.78. The van der Waals surface area contributed by atoms with Gasteiger partial charge in [0.25, 0.3) is 5.91 Å². The van der Waals surface area contributed by atoms with E-state index in [-0.39, 0.29) is 5.91 Å². The molecular formula is C17H16N4OS. The van der Waals surface area contributed by atoms with Crippen molar-refractivity contribution < 1.29 is 4.79 Å². The Labute approximate surface area is 139 Å². The van der Waals surface area contributed by atoms with E-state index in [4.69, 9.17) is 11.8 Å². The first-order valence-corrected chi connectivity index (χ1v) is 7.73. The second-order valence-corrected chi connectivity index (χ2v) is 5.46. The summed E-state index contributed by atoms with van der Waals surface area (Å²) in [6.07, 6.45) is 8.28. The maximum atomic E-state index is 12.0. The normalized spacial score (nSPS) is 10.7. The predicted octanol–water partition coefficient (Wildman–Crippen LogP) is 2.26. The minimum absolute atomic E-state index is 0.258. The molecule has 1 heterocycles. The number of hydrogen-bond acceptors (Lipinski definition) is 5. The fourth-order valence-electron chi connectivity index (χ4n) is 1.94. The van der Waals surface area contributed by atoms with Gasteiger partial charge < -0.3 is 16.0 Å². The van der Waals surface area contributed by atoms with Crippen molar-refractivity contribution in [2.75, 3.05) is 7.05 Å². The van der Waals surface area contributed by atoms with Gasteiger partial charge in [0.15, 0.2) is 5.01 Å². The Bertz CT molecular complexity index is 786. The van der Waals surface area contributed by atoms with Crippen LogP contribution < -0.4 is 10.6 Å². The second kappa shape index (κ2) is 7.92. The van der Waals surface area contributed by atoms with Crippen LogP contribution in [0, 0.1) is 17.8 Å². The minimum atomic E-state index is -0.258. The van der Waals surface area contributed by atoms with Crippen LogP contribution in [-0.4, -0.2) is 24.2 Å². The Hall–Kier alpha value is -2.91. The summed E-state index contributed by atoms with van der Waals surface area (Å²) < 4.78 is 0. The fraction of sp³-hybridized carbons (Fsp3) is 0.118. The number of hydrogen-bond donors (Lipinski definition) is 3. The topological polar surface area (TPSA) is 77.9 Å². The highest BCUT2D eigenvalue weighted by atomic mass is 32.1. The third-order valence-corrected chi connectivity index (χ3v) is 3.80. The van der Waals surface area contributed by atoms with Gasteiger partial charge in [-0.1, -0.05) is 18.2 Å². The summed E-state index contributed by atoms with van der Waals surface area (Å²) in [5, 5.41) is 15.3. The molecule has 23 heavy (non-hydrogen) atoms. The molecule has 5 nitrogen and oxygen atoms in total. The van der Waals surface area contributed by atoms with Crippen LogP contribution in [-0.2, 0) is 6.54 Å². The summed E-state index contributed by atoms with van der Waals surface area (Å²) in [6, 6.07) is 7.66. The Morgan fingerprint density at radius 1 is 1.52 bits per heavy atom. The summed E-state index contributed by atoms with van der Waals surface area (Å²) >= 11 is 1.27.